The number of nitrogens with zero attached hydrogens (tertiary/aromatic N) is 1. The van der Waals surface area contributed by atoms with Gasteiger partial charge in [0, 0.05) is 44.7 Å². The van der Waals surface area contributed by atoms with Gasteiger partial charge in [-0.15, -0.1) is 0 Å². The van der Waals surface area contributed by atoms with Crippen LogP contribution < -0.4 is 10.6 Å². The van der Waals surface area contributed by atoms with E-state index in [0.29, 0.717) is 23.9 Å². The fraction of sp³-hybridized carbons (Fsp3) is 0.944. The van der Waals surface area contributed by atoms with E-state index in [1.54, 1.807) is 0 Å². The summed E-state index contributed by atoms with van der Waals surface area (Å²) in [5.74, 6) is 0.510. The monoisotopic (exact) mass is 339 g/mol. The minimum Gasteiger partial charge on any atom is -0.381 e. The highest BCUT2D eigenvalue weighted by molar-refractivity contribution is 5.73. The molecule has 2 aliphatic heterocycles. The Labute approximate surface area is 145 Å². The molecular formula is C18H33N3O3. The van der Waals surface area contributed by atoms with Gasteiger partial charge in [-0.3, -0.25) is 4.90 Å². The molecule has 2 saturated heterocycles. The smallest absolute Gasteiger partial charge is 0.314 e. The van der Waals surface area contributed by atoms with Crippen LogP contribution in [0.5, 0.6) is 0 Å². The van der Waals surface area contributed by atoms with E-state index >= 15 is 0 Å². The Hall–Kier alpha value is -0.850. The zero-order chi connectivity index (χ0) is 16.8. The van der Waals surface area contributed by atoms with Crippen LogP contribution in [0.25, 0.3) is 0 Å². The molecule has 2 atom stereocenters. The van der Waals surface area contributed by atoms with E-state index in [0.717, 1.165) is 52.5 Å². The highest BCUT2D eigenvalue weighted by Gasteiger charge is 2.32. The zero-order valence-electron chi connectivity index (χ0n) is 15.0. The van der Waals surface area contributed by atoms with Crippen molar-refractivity contribution in [2.24, 2.45) is 11.3 Å². The fourth-order valence-electron chi connectivity index (χ4n) is 4.32. The van der Waals surface area contributed by atoms with Gasteiger partial charge >= 0.3 is 6.03 Å². The third-order valence-electron chi connectivity index (χ3n) is 5.98. The van der Waals surface area contributed by atoms with Gasteiger partial charge in [-0.1, -0.05) is 19.8 Å². The van der Waals surface area contributed by atoms with Crippen LogP contribution in [0.1, 0.15) is 39.0 Å². The summed E-state index contributed by atoms with van der Waals surface area (Å²) in [4.78, 5) is 14.7. The molecule has 0 aromatic rings. The first-order valence-corrected chi connectivity index (χ1v) is 9.58. The van der Waals surface area contributed by atoms with Crippen LogP contribution in [-0.2, 0) is 9.47 Å². The largest absolute Gasteiger partial charge is 0.381 e. The minimum absolute atomic E-state index is 0.0275. The molecule has 24 heavy (non-hydrogen) atoms. The minimum atomic E-state index is -0.0275. The van der Waals surface area contributed by atoms with Crippen molar-refractivity contribution >= 4 is 6.03 Å². The molecule has 6 nitrogen and oxygen atoms in total. The molecule has 1 saturated carbocycles. The molecule has 1 aliphatic carbocycles. The third kappa shape index (κ3) is 4.83. The Balaban J connectivity index is 1.46. The number of urea groups is 1. The predicted octanol–water partition coefficient (Wildman–Crippen LogP) is 1.60. The van der Waals surface area contributed by atoms with E-state index in [4.69, 9.17) is 9.47 Å². The third-order valence-corrected chi connectivity index (χ3v) is 5.98. The lowest BCUT2D eigenvalue weighted by molar-refractivity contribution is 0.00211. The molecule has 0 radical (unpaired) electrons. The maximum absolute atomic E-state index is 12.2. The normalized spacial score (nSPS) is 28.6. The molecule has 2 heterocycles. The molecule has 138 valence electrons. The molecular weight excluding hydrogens is 306 g/mol. The van der Waals surface area contributed by atoms with Crippen LogP contribution in [0.3, 0.4) is 0 Å². The summed E-state index contributed by atoms with van der Waals surface area (Å²) in [7, 11) is 0. The number of hydrogen-bond donors (Lipinski definition) is 2. The molecule has 0 bridgehead atoms. The summed E-state index contributed by atoms with van der Waals surface area (Å²) in [5.41, 5.74) is 0.292. The van der Waals surface area contributed by atoms with E-state index in [1.165, 1.54) is 25.7 Å². The zero-order valence-corrected chi connectivity index (χ0v) is 15.0. The molecule has 3 rings (SSSR count). The molecule has 2 N–H and O–H groups in total. The number of amides is 2. The molecule has 0 aromatic carbocycles. The molecule has 0 aromatic heterocycles. The number of nitrogens with one attached hydrogen (secondary N) is 2. The quantitative estimate of drug-likeness (QED) is 0.772. The summed E-state index contributed by atoms with van der Waals surface area (Å²) >= 11 is 0. The SMILES string of the molecule is CC1(CNC(=O)NC[C@@H]([C@H]2CCOC2)N2CCOCC2)CCCC1. The maximum Gasteiger partial charge on any atom is 0.314 e. The van der Waals surface area contributed by atoms with Crippen molar-refractivity contribution in [2.75, 3.05) is 52.6 Å². The average molecular weight is 339 g/mol. The first-order valence-electron chi connectivity index (χ1n) is 9.58. The highest BCUT2D eigenvalue weighted by atomic mass is 16.5. The summed E-state index contributed by atoms with van der Waals surface area (Å²) in [5, 5.41) is 6.20. The van der Waals surface area contributed by atoms with Gasteiger partial charge in [0.1, 0.15) is 0 Å². The number of hydrogen-bond acceptors (Lipinski definition) is 4. The summed E-state index contributed by atoms with van der Waals surface area (Å²) in [6.07, 6.45) is 6.12. The summed E-state index contributed by atoms with van der Waals surface area (Å²) in [6, 6.07) is 0.324. The van der Waals surface area contributed by atoms with Gasteiger partial charge in [-0.2, -0.15) is 0 Å². The van der Waals surface area contributed by atoms with E-state index in [1.807, 2.05) is 0 Å². The van der Waals surface area contributed by atoms with E-state index in [-0.39, 0.29) is 6.03 Å². The van der Waals surface area contributed by atoms with Crippen LogP contribution in [0, 0.1) is 11.3 Å². The van der Waals surface area contributed by atoms with Crippen molar-refractivity contribution in [2.45, 2.75) is 45.1 Å². The van der Waals surface area contributed by atoms with Crippen LogP contribution in [-0.4, -0.2) is 69.6 Å². The second kappa shape index (κ2) is 8.50. The Bertz CT molecular complexity index is 400. The second-order valence-corrected chi connectivity index (χ2v) is 7.92. The van der Waals surface area contributed by atoms with Crippen molar-refractivity contribution in [1.29, 1.82) is 0 Å². The number of carbonyl (C=O) groups is 1. The van der Waals surface area contributed by atoms with E-state index in [9.17, 15) is 4.79 Å². The van der Waals surface area contributed by atoms with Crippen molar-refractivity contribution in [1.82, 2.24) is 15.5 Å². The first kappa shape index (κ1) is 18.0. The highest BCUT2D eigenvalue weighted by Crippen LogP contribution is 2.36. The van der Waals surface area contributed by atoms with Crippen molar-refractivity contribution in [3.63, 3.8) is 0 Å². The molecule has 3 fully saturated rings. The van der Waals surface area contributed by atoms with Crippen molar-refractivity contribution in [3.8, 4) is 0 Å². The van der Waals surface area contributed by atoms with Gasteiger partial charge in [0.2, 0.25) is 0 Å². The Morgan fingerprint density at radius 3 is 2.58 bits per heavy atom. The van der Waals surface area contributed by atoms with Gasteiger partial charge in [0.25, 0.3) is 0 Å². The number of morpholine rings is 1. The van der Waals surface area contributed by atoms with E-state index < -0.39 is 0 Å². The van der Waals surface area contributed by atoms with E-state index in [2.05, 4.69) is 22.5 Å². The van der Waals surface area contributed by atoms with Gasteiger partial charge in [0.15, 0.2) is 0 Å². The lowest BCUT2D eigenvalue weighted by Crippen LogP contribution is -2.53. The predicted molar refractivity (Wildman–Crippen MR) is 93.1 cm³/mol. The van der Waals surface area contributed by atoms with Crippen molar-refractivity contribution < 1.29 is 14.3 Å². The summed E-state index contributed by atoms with van der Waals surface area (Å²) in [6.45, 7) is 8.88. The topological polar surface area (TPSA) is 62.8 Å². The average Bonchev–Trinajstić information content (AvgIpc) is 3.27. The lowest BCUT2D eigenvalue weighted by atomic mass is 9.89. The van der Waals surface area contributed by atoms with Gasteiger partial charge < -0.3 is 20.1 Å². The molecule has 2 amide bonds. The molecule has 6 heteroatoms. The Morgan fingerprint density at radius 2 is 1.92 bits per heavy atom. The first-order chi connectivity index (χ1) is 11.7. The number of rotatable bonds is 6. The standard InChI is InChI=1S/C18H33N3O3/c1-18(5-2-3-6-18)14-20-17(22)19-12-16(15-4-9-24-13-15)21-7-10-23-11-8-21/h15-16H,2-14H2,1H3,(H2,19,20,22)/t15-,16-/m0/s1. The summed E-state index contributed by atoms with van der Waals surface area (Å²) < 4.78 is 11.0. The second-order valence-electron chi connectivity index (χ2n) is 7.92. The number of ether oxygens (including phenoxy) is 2. The molecule has 0 unspecified atom stereocenters. The molecule has 3 aliphatic rings. The van der Waals surface area contributed by atoms with Gasteiger partial charge in [-0.25, -0.2) is 4.79 Å². The number of carbonyl (C=O) groups excluding carboxylic acids is 1. The van der Waals surface area contributed by atoms with Gasteiger partial charge in [-0.05, 0) is 24.7 Å². The Morgan fingerprint density at radius 1 is 1.17 bits per heavy atom. The molecule has 0 spiro atoms. The van der Waals surface area contributed by atoms with Gasteiger partial charge in [0.05, 0.1) is 19.8 Å². The van der Waals surface area contributed by atoms with Crippen LogP contribution in [0.15, 0.2) is 0 Å². The fourth-order valence-corrected chi connectivity index (χ4v) is 4.32. The van der Waals surface area contributed by atoms with Crippen molar-refractivity contribution in [3.05, 3.63) is 0 Å². The maximum atomic E-state index is 12.2. The van der Waals surface area contributed by atoms with Crippen LogP contribution in [0.2, 0.25) is 0 Å². The Kier molecular flexibility index (Phi) is 6.36. The van der Waals surface area contributed by atoms with Crippen LogP contribution in [0.4, 0.5) is 4.79 Å². The lowest BCUT2D eigenvalue weighted by Gasteiger charge is -2.37. The van der Waals surface area contributed by atoms with Crippen LogP contribution >= 0.6 is 0 Å².